The second kappa shape index (κ2) is 5.90. The molecule has 1 atom stereocenters. The minimum atomic E-state index is -0.620. The first-order chi connectivity index (χ1) is 7.63. The molecule has 0 heterocycles. The summed E-state index contributed by atoms with van der Waals surface area (Å²) < 4.78 is 17.9. The topological polar surface area (TPSA) is 38.3 Å². The lowest BCUT2D eigenvalue weighted by Crippen LogP contribution is -2.36. The van der Waals surface area contributed by atoms with Crippen LogP contribution in [-0.2, 0) is 4.79 Å². The van der Waals surface area contributed by atoms with Crippen LogP contribution in [0.5, 0.6) is 5.75 Å². The second-order valence-corrected chi connectivity index (χ2v) is 3.25. The highest BCUT2D eigenvalue weighted by Gasteiger charge is 2.13. The quantitative estimate of drug-likeness (QED) is 0.774. The van der Waals surface area contributed by atoms with E-state index in [0.29, 0.717) is 12.3 Å². The van der Waals surface area contributed by atoms with Gasteiger partial charge in [0.2, 0.25) is 0 Å². The van der Waals surface area contributed by atoms with E-state index in [4.69, 9.17) is 4.74 Å². The monoisotopic (exact) mass is 223 g/mol. The van der Waals surface area contributed by atoms with Gasteiger partial charge in [0.05, 0.1) is 0 Å². The van der Waals surface area contributed by atoms with Crippen LogP contribution in [0.4, 0.5) is 4.39 Å². The van der Waals surface area contributed by atoms with Crippen LogP contribution in [-0.4, -0.2) is 18.6 Å². The molecule has 1 amide bonds. The lowest BCUT2D eigenvalue weighted by molar-refractivity contribution is -0.127. The van der Waals surface area contributed by atoms with Crippen molar-refractivity contribution < 1.29 is 13.9 Å². The van der Waals surface area contributed by atoms with Gasteiger partial charge in [-0.05, 0) is 31.2 Å². The third-order valence-corrected chi connectivity index (χ3v) is 1.92. The maximum Gasteiger partial charge on any atom is 0.261 e. The minimum Gasteiger partial charge on any atom is -0.481 e. The average molecular weight is 223 g/mol. The molecule has 16 heavy (non-hydrogen) atoms. The van der Waals surface area contributed by atoms with Crippen molar-refractivity contribution in [3.05, 3.63) is 42.7 Å². The molecule has 1 aromatic carbocycles. The molecule has 1 rings (SSSR count). The molecule has 0 saturated heterocycles. The Labute approximate surface area is 93.9 Å². The van der Waals surface area contributed by atoms with Crippen molar-refractivity contribution in [1.29, 1.82) is 0 Å². The van der Waals surface area contributed by atoms with E-state index in [1.165, 1.54) is 24.3 Å². The Hall–Kier alpha value is -1.84. The number of carbonyl (C=O) groups is 1. The molecule has 4 heteroatoms. The van der Waals surface area contributed by atoms with Crippen LogP contribution in [0, 0.1) is 5.82 Å². The zero-order chi connectivity index (χ0) is 12.0. The summed E-state index contributed by atoms with van der Waals surface area (Å²) in [5, 5.41) is 2.61. The summed E-state index contributed by atoms with van der Waals surface area (Å²) >= 11 is 0. The molecule has 1 unspecified atom stereocenters. The first-order valence-corrected chi connectivity index (χ1v) is 4.94. The van der Waals surface area contributed by atoms with Crippen LogP contribution < -0.4 is 10.1 Å². The molecule has 0 bridgehead atoms. The maximum atomic E-state index is 12.6. The van der Waals surface area contributed by atoms with Crippen molar-refractivity contribution in [2.24, 2.45) is 0 Å². The van der Waals surface area contributed by atoms with E-state index in [0.717, 1.165) is 0 Å². The molecule has 1 N–H and O–H groups in total. The van der Waals surface area contributed by atoms with E-state index < -0.39 is 6.10 Å². The number of hydrogen-bond acceptors (Lipinski definition) is 2. The highest BCUT2D eigenvalue weighted by molar-refractivity contribution is 5.80. The molecule has 0 aliphatic rings. The highest BCUT2D eigenvalue weighted by atomic mass is 19.1. The van der Waals surface area contributed by atoms with E-state index in [2.05, 4.69) is 11.9 Å². The number of ether oxygens (including phenoxy) is 1. The fourth-order valence-electron chi connectivity index (χ4n) is 1.09. The molecular formula is C12H14FNO2. The number of nitrogens with one attached hydrogen (secondary N) is 1. The van der Waals surface area contributed by atoms with Crippen LogP contribution in [0.25, 0.3) is 0 Å². The molecule has 0 radical (unpaired) electrons. The third-order valence-electron chi connectivity index (χ3n) is 1.92. The molecule has 0 aromatic heterocycles. The van der Waals surface area contributed by atoms with Gasteiger partial charge in [0.15, 0.2) is 6.10 Å². The third kappa shape index (κ3) is 3.73. The van der Waals surface area contributed by atoms with Gasteiger partial charge < -0.3 is 10.1 Å². The van der Waals surface area contributed by atoms with Crippen LogP contribution >= 0.6 is 0 Å². The van der Waals surface area contributed by atoms with E-state index in [-0.39, 0.29) is 11.7 Å². The number of amides is 1. The van der Waals surface area contributed by atoms with Crippen molar-refractivity contribution in [1.82, 2.24) is 5.32 Å². The Balaban J connectivity index is 2.50. The molecule has 0 spiro atoms. The predicted octanol–water partition coefficient (Wildman–Crippen LogP) is 1.90. The summed E-state index contributed by atoms with van der Waals surface area (Å²) in [5.74, 6) is -0.108. The smallest absolute Gasteiger partial charge is 0.261 e. The first kappa shape index (κ1) is 12.2. The molecule has 0 saturated carbocycles. The van der Waals surface area contributed by atoms with E-state index in [9.17, 15) is 9.18 Å². The molecule has 0 aliphatic carbocycles. The molecule has 1 aromatic rings. The van der Waals surface area contributed by atoms with Gasteiger partial charge in [-0.2, -0.15) is 0 Å². The van der Waals surface area contributed by atoms with Gasteiger partial charge in [0.1, 0.15) is 11.6 Å². The number of hydrogen-bond donors (Lipinski definition) is 1. The van der Waals surface area contributed by atoms with Gasteiger partial charge in [-0.1, -0.05) is 6.08 Å². The van der Waals surface area contributed by atoms with Gasteiger partial charge >= 0.3 is 0 Å². The molecule has 86 valence electrons. The van der Waals surface area contributed by atoms with Crippen molar-refractivity contribution in [2.75, 3.05) is 6.54 Å². The Morgan fingerprint density at radius 2 is 2.19 bits per heavy atom. The number of rotatable bonds is 5. The minimum absolute atomic E-state index is 0.232. The lowest BCUT2D eigenvalue weighted by atomic mass is 10.3. The first-order valence-electron chi connectivity index (χ1n) is 4.94. The van der Waals surface area contributed by atoms with Crippen molar-refractivity contribution in [2.45, 2.75) is 13.0 Å². The molecular weight excluding hydrogens is 209 g/mol. The van der Waals surface area contributed by atoms with Gasteiger partial charge in [-0.3, -0.25) is 4.79 Å². The SMILES string of the molecule is C=CCNC(=O)C(C)Oc1ccc(F)cc1. The maximum absolute atomic E-state index is 12.6. The normalized spacial score (nSPS) is 11.6. The van der Waals surface area contributed by atoms with Gasteiger partial charge in [0.25, 0.3) is 5.91 Å². The molecule has 0 fully saturated rings. The van der Waals surface area contributed by atoms with E-state index >= 15 is 0 Å². The van der Waals surface area contributed by atoms with Gasteiger partial charge in [-0.25, -0.2) is 4.39 Å². The summed E-state index contributed by atoms with van der Waals surface area (Å²) in [6.45, 7) is 5.51. The Morgan fingerprint density at radius 1 is 1.56 bits per heavy atom. The van der Waals surface area contributed by atoms with Crippen molar-refractivity contribution in [3.63, 3.8) is 0 Å². The number of benzene rings is 1. The number of carbonyl (C=O) groups excluding carboxylic acids is 1. The zero-order valence-corrected chi connectivity index (χ0v) is 9.07. The second-order valence-electron chi connectivity index (χ2n) is 3.25. The Bertz CT molecular complexity index is 362. The lowest BCUT2D eigenvalue weighted by Gasteiger charge is -2.13. The predicted molar refractivity (Wildman–Crippen MR) is 59.7 cm³/mol. The highest BCUT2D eigenvalue weighted by Crippen LogP contribution is 2.12. The zero-order valence-electron chi connectivity index (χ0n) is 9.07. The van der Waals surface area contributed by atoms with E-state index in [1.54, 1.807) is 13.0 Å². The summed E-state index contributed by atoms with van der Waals surface area (Å²) in [4.78, 5) is 11.4. The summed E-state index contributed by atoms with van der Waals surface area (Å²) in [6.07, 6.45) is 0.966. The van der Waals surface area contributed by atoms with Crippen LogP contribution in [0.2, 0.25) is 0 Å². The Kier molecular flexibility index (Phi) is 4.51. The summed E-state index contributed by atoms with van der Waals surface area (Å²) in [5.41, 5.74) is 0. The molecule has 0 aliphatic heterocycles. The van der Waals surface area contributed by atoms with Crippen LogP contribution in [0.3, 0.4) is 0 Å². The van der Waals surface area contributed by atoms with Crippen LogP contribution in [0.1, 0.15) is 6.92 Å². The van der Waals surface area contributed by atoms with Crippen molar-refractivity contribution in [3.8, 4) is 5.75 Å². The largest absolute Gasteiger partial charge is 0.481 e. The van der Waals surface area contributed by atoms with Gasteiger partial charge in [-0.15, -0.1) is 6.58 Å². The summed E-state index contributed by atoms with van der Waals surface area (Å²) in [6, 6.07) is 5.52. The van der Waals surface area contributed by atoms with E-state index in [1.807, 2.05) is 0 Å². The standard InChI is InChI=1S/C12H14FNO2/c1-3-8-14-12(15)9(2)16-11-6-4-10(13)5-7-11/h3-7,9H,1,8H2,2H3,(H,14,15). The fourth-order valence-corrected chi connectivity index (χ4v) is 1.09. The fraction of sp³-hybridized carbons (Fsp3) is 0.250. The van der Waals surface area contributed by atoms with Crippen molar-refractivity contribution >= 4 is 5.91 Å². The van der Waals surface area contributed by atoms with Gasteiger partial charge in [0, 0.05) is 6.54 Å². The summed E-state index contributed by atoms with van der Waals surface area (Å²) in [7, 11) is 0. The number of halogens is 1. The average Bonchev–Trinajstić information content (AvgIpc) is 2.29. The molecule has 3 nitrogen and oxygen atoms in total. The van der Waals surface area contributed by atoms with Crippen LogP contribution in [0.15, 0.2) is 36.9 Å². The Morgan fingerprint density at radius 3 is 2.75 bits per heavy atom.